The van der Waals surface area contributed by atoms with Gasteiger partial charge in [0.25, 0.3) is 5.91 Å². The molecule has 4 rings (SSSR count). The van der Waals surface area contributed by atoms with E-state index < -0.39 is 6.10 Å². The molecule has 27 heavy (non-hydrogen) atoms. The number of aromatic nitrogens is 1. The van der Waals surface area contributed by atoms with Crippen molar-refractivity contribution >= 4 is 17.3 Å². The predicted molar refractivity (Wildman–Crippen MR) is 97.7 cm³/mol. The van der Waals surface area contributed by atoms with E-state index >= 15 is 0 Å². The zero-order valence-electron chi connectivity index (χ0n) is 14.5. The van der Waals surface area contributed by atoms with Gasteiger partial charge >= 0.3 is 0 Å². The second kappa shape index (κ2) is 7.03. The molecule has 0 saturated heterocycles. The molecular weight excluding hydrogens is 349 g/mol. The SMILES string of the molecule is Cc1nc(-c2ccc(NC(=O)C3CC(c4cccc(F)c4)=NO3)cc2)co1. The number of hydrogen-bond donors (Lipinski definition) is 1. The Labute approximate surface area is 154 Å². The molecule has 0 radical (unpaired) electrons. The van der Waals surface area contributed by atoms with Crippen molar-refractivity contribution in [1.82, 2.24) is 4.98 Å². The number of hydrogen-bond acceptors (Lipinski definition) is 5. The van der Waals surface area contributed by atoms with Crippen molar-refractivity contribution in [3.63, 3.8) is 0 Å². The van der Waals surface area contributed by atoms with Gasteiger partial charge in [-0.15, -0.1) is 0 Å². The molecule has 2 heterocycles. The number of aryl methyl sites for hydroxylation is 1. The lowest BCUT2D eigenvalue weighted by Gasteiger charge is -2.10. The third-order valence-electron chi connectivity index (χ3n) is 4.19. The Kier molecular flexibility index (Phi) is 4.42. The number of nitrogens with zero attached hydrogens (tertiary/aromatic N) is 2. The Hall–Kier alpha value is -3.48. The van der Waals surface area contributed by atoms with Gasteiger partial charge in [0.15, 0.2) is 5.89 Å². The minimum Gasteiger partial charge on any atom is -0.449 e. The predicted octanol–water partition coefficient (Wildman–Crippen LogP) is 3.92. The zero-order chi connectivity index (χ0) is 18.8. The number of carbonyl (C=O) groups excluding carboxylic acids is 1. The van der Waals surface area contributed by atoms with E-state index in [4.69, 9.17) is 9.25 Å². The number of amides is 1. The molecule has 3 aromatic rings. The number of benzene rings is 2. The maximum Gasteiger partial charge on any atom is 0.268 e. The molecule has 0 bridgehead atoms. The fourth-order valence-electron chi connectivity index (χ4n) is 2.80. The summed E-state index contributed by atoms with van der Waals surface area (Å²) in [6, 6.07) is 13.3. The fraction of sp³-hybridized carbons (Fsp3) is 0.150. The third-order valence-corrected chi connectivity index (χ3v) is 4.19. The van der Waals surface area contributed by atoms with E-state index in [1.807, 2.05) is 12.1 Å². The Bertz CT molecular complexity index is 1010. The molecule has 0 fully saturated rings. The van der Waals surface area contributed by atoms with Gasteiger partial charge in [-0.3, -0.25) is 4.79 Å². The van der Waals surface area contributed by atoms with Gasteiger partial charge in [0.05, 0.1) is 5.71 Å². The molecule has 1 amide bonds. The van der Waals surface area contributed by atoms with Crippen LogP contribution < -0.4 is 5.32 Å². The van der Waals surface area contributed by atoms with Gasteiger partial charge in [-0.25, -0.2) is 9.37 Å². The van der Waals surface area contributed by atoms with Crippen molar-refractivity contribution in [3.8, 4) is 11.3 Å². The van der Waals surface area contributed by atoms with E-state index in [9.17, 15) is 9.18 Å². The minimum atomic E-state index is -0.749. The normalized spacial score (nSPS) is 15.9. The van der Waals surface area contributed by atoms with Crippen LogP contribution in [0.3, 0.4) is 0 Å². The van der Waals surface area contributed by atoms with Gasteiger partial charge in [-0.2, -0.15) is 0 Å². The molecule has 0 spiro atoms. The highest BCUT2D eigenvalue weighted by molar-refractivity contribution is 6.06. The largest absolute Gasteiger partial charge is 0.449 e. The lowest BCUT2D eigenvalue weighted by atomic mass is 10.0. The molecule has 0 aliphatic carbocycles. The van der Waals surface area contributed by atoms with Crippen LogP contribution in [0.1, 0.15) is 17.9 Å². The zero-order valence-corrected chi connectivity index (χ0v) is 14.5. The first-order valence-electron chi connectivity index (χ1n) is 8.40. The molecule has 1 aromatic heterocycles. The van der Waals surface area contributed by atoms with Crippen LogP contribution >= 0.6 is 0 Å². The first-order valence-corrected chi connectivity index (χ1v) is 8.40. The number of oxazole rings is 1. The molecule has 1 N–H and O–H groups in total. The lowest BCUT2D eigenvalue weighted by Crippen LogP contribution is -2.28. The highest BCUT2D eigenvalue weighted by Crippen LogP contribution is 2.22. The van der Waals surface area contributed by atoms with Crippen LogP contribution in [-0.2, 0) is 9.63 Å². The second-order valence-corrected chi connectivity index (χ2v) is 6.16. The highest BCUT2D eigenvalue weighted by Gasteiger charge is 2.29. The summed E-state index contributed by atoms with van der Waals surface area (Å²) in [6.45, 7) is 1.78. The molecule has 1 atom stereocenters. The first-order chi connectivity index (χ1) is 13.1. The summed E-state index contributed by atoms with van der Waals surface area (Å²) in [6.07, 6.45) is 1.12. The fourth-order valence-corrected chi connectivity index (χ4v) is 2.80. The van der Waals surface area contributed by atoms with Crippen molar-refractivity contribution in [1.29, 1.82) is 0 Å². The summed E-state index contributed by atoms with van der Waals surface area (Å²) >= 11 is 0. The van der Waals surface area contributed by atoms with Crippen LogP contribution in [0.25, 0.3) is 11.3 Å². The molecule has 1 unspecified atom stereocenters. The van der Waals surface area contributed by atoms with Gasteiger partial charge in [0.2, 0.25) is 6.10 Å². The quantitative estimate of drug-likeness (QED) is 0.760. The van der Waals surface area contributed by atoms with E-state index in [-0.39, 0.29) is 18.1 Å². The number of oxime groups is 1. The van der Waals surface area contributed by atoms with Gasteiger partial charge < -0.3 is 14.6 Å². The number of nitrogens with one attached hydrogen (secondary N) is 1. The van der Waals surface area contributed by atoms with Crippen LogP contribution in [-0.4, -0.2) is 22.7 Å². The Morgan fingerprint density at radius 2 is 2.00 bits per heavy atom. The molecule has 136 valence electrons. The summed E-state index contributed by atoms with van der Waals surface area (Å²) < 4.78 is 18.5. The van der Waals surface area contributed by atoms with E-state index in [2.05, 4.69) is 15.5 Å². The Morgan fingerprint density at radius 3 is 2.70 bits per heavy atom. The summed E-state index contributed by atoms with van der Waals surface area (Å²) in [5.74, 6) is -0.0736. The average Bonchev–Trinajstić information content (AvgIpc) is 3.32. The maximum absolute atomic E-state index is 13.3. The first kappa shape index (κ1) is 17.0. The van der Waals surface area contributed by atoms with E-state index in [1.54, 1.807) is 37.5 Å². The van der Waals surface area contributed by atoms with Crippen molar-refractivity contribution in [2.75, 3.05) is 5.32 Å². The lowest BCUT2D eigenvalue weighted by molar-refractivity contribution is -0.125. The smallest absolute Gasteiger partial charge is 0.268 e. The number of rotatable bonds is 4. The Balaban J connectivity index is 1.38. The van der Waals surface area contributed by atoms with Crippen LogP contribution in [0.5, 0.6) is 0 Å². The summed E-state index contributed by atoms with van der Waals surface area (Å²) in [5, 5.41) is 6.71. The number of halogens is 1. The van der Waals surface area contributed by atoms with E-state index in [0.717, 1.165) is 11.3 Å². The van der Waals surface area contributed by atoms with Gasteiger partial charge in [-0.05, 0) is 24.3 Å². The second-order valence-electron chi connectivity index (χ2n) is 6.16. The number of anilines is 1. The molecule has 1 aliphatic heterocycles. The van der Waals surface area contributed by atoms with Crippen molar-refractivity contribution < 1.29 is 18.4 Å². The minimum absolute atomic E-state index is 0.283. The van der Waals surface area contributed by atoms with Gasteiger partial charge in [0.1, 0.15) is 17.8 Å². The van der Waals surface area contributed by atoms with Crippen LogP contribution in [0.2, 0.25) is 0 Å². The standard InChI is InChI=1S/C20H16FN3O3/c1-12-22-18(11-26-12)13-5-7-16(8-6-13)23-20(25)19-10-17(24-27-19)14-3-2-4-15(21)9-14/h2-9,11,19H,10H2,1H3,(H,23,25). The molecule has 7 heteroatoms. The van der Waals surface area contributed by atoms with Crippen LogP contribution in [0.15, 0.2) is 64.4 Å². The highest BCUT2D eigenvalue weighted by atomic mass is 19.1. The summed E-state index contributed by atoms with van der Waals surface area (Å²) in [5.41, 5.74) is 3.41. The van der Waals surface area contributed by atoms with E-state index in [1.165, 1.54) is 12.1 Å². The summed E-state index contributed by atoms with van der Waals surface area (Å²) in [4.78, 5) is 21.9. The van der Waals surface area contributed by atoms with Crippen molar-refractivity contribution in [2.45, 2.75) is 19.4 Å². The Morgan fingerprint density at radius 1 is 1.19 bits per heavy atom. The van der Waals surface area contributed by atoms with Crippen LogP contribution in [0.4, 0.5) is 10.1 Å². The summed E-state index contributed by atoms with van der Waals surface area (Å²) in [7, 11) is 0. The molecule has 1 aliphatic rings. The average molecular weight is 365 g/mol. The van der Waals surface area contributed by atoms with Gasteiger partial charge in [-0.1, -0.05) is 29.4 Å². The molecule has 2 aromatic carbocycles. The van der Waals surface area contributed by atoms with Gasteiger partial charge in [0, 0.05) is 30.2 Å². The molecule has 6 nitrogen and oxygen atoms in total. The third kappa shape index (κ3) is 3.72. The topological polar surface area (TPSA) is 76.7 Å². The molecular formula is C20H16FN3O3. The van der Waals surface area contributed by atoms with Crippen LogP contribution in [0, 0.1) is 12.7 Å². The van der Waals surface area contributed by atoms with Crippen molar-refractivity contribution in [2.24, 2.45) is 5.16 Å². The monoisotopic (exact) mass is 365 g/mol. The molecule has 0 saturated carbocycles. The van der Waals surface area contributed by atoms with Crippen molar-refractivity contribution in [3.05, 3.63) is 72.1 Å². The van der Waals surface area contributed by atoms with E-state index in [0.29, 0.717) is 22.9 Å². The maximum atomic E-state index is 13.3. The number of carbonyl (C=O) groups is 1.